The van der Waals surface area contributed by atoms with Gasteiger partial charge in [0, 0.05) is 24.8 Å². The van der Waals surface area contributed by atoms with Crippen LogP contribution in [0.25, 0.3) is 10.2 Å². The van der Waals surface area contributed by atoms with Crippen molar-refractivity contribution < 1.29 is 8.42 Å². The number of hydrogen-bond acceptors (Lipinski definition) is 5. The van der Waals surface area contributed by atoms with E-state index in [0.717, 1.165) is 22.2 Å². The van der Waals surface area contributed by atoms with Gasteiger partial charge in [0.15, 0.2) is 5.03 Å². The van der Waals surface area contributed by atoms with E-state index in [1.54, 1.807) is 30.8 Å². The second-order valence-electron chi connectivity index (χ2n) is 4.90. The van der Waals surface area contributed by atoms with Crippen molar-refractivity contribution in [2.75, 3.05) is 6.54 Å². The van der Waals surface area contributed by atoms with E-state index in [9.17, 15) is 8.42 Å². The van der Waals surface area contributed by atoms with Gasteiger partial charge in [-0.1, -0.05) is 0 Å². The number of sulfone groups is 1. The fraction of sp³-hybridized carbons (Fsp3) is 0.308. The summed E-state index contributed by atoms with van der Waals surface area (Å²) in [5.41, 5.74) is 6.62. The van der Waals surface area contributed by atoms with Crippen LogP contribution in [0.1, 0.15) is 11.4 Å². The first kappa shape index (κ1) is 14.3. The molecule has 0 atom stereocenters. The zero-order chi connectivity index (χ0) is 15.2. The molecule has 0 spiro atoms. The number of hydrogen-bond donors (Lipinski definition) is 2. The molecule has 6 nitrogen and oxygen atoms in total. The molecule has 21 heavy (non-hydrogen) atoms. The first-order chi connectivity index (χ1) is 9.93. The number of aromatic nitrogens is 3. The van der Waals surface area contributed by atoms with Gasteiger partial charge in [0.05, 0.1) is 0 Å². The Bertz CT molecular complexity index is 883. The van der Waals surface area contributed by atoms with Crippen molar-refractivity contribution in [1.82, 2.24) is 14.5 Å². The van der Waals surface area contributed by atoms with Crippen molar-refractivity contribution in [3.63, 3.8) is 0 Å². The molecular formula is C13H16N4O2S2. The highest BCUT2D eigenvalue weighted by Gasteiger charge is 2.24. The predicted octanol–water partition coefficient (Wildman–Crippen LogP) is 1.61. The molecule has 0 aliphatic heterocycles. The van der Waals surface area contributed by atoms with E-state index in [0.29, 0.717) is 16.6 Å². The highest BCUT2D eigenvalue weighted by molar-refractivity contribution is 7.93. The minimum absolute atomic E-state index is 0.0896. The monoisotopic (exact) mass is 324 g/mol. The Hall–Kier alpha value is -1.64. The summed E-state index contributed by atoms with van der Waals surface area (Å²) in [7, 11) is -1.79. The van der Waals surface area contributed by atoms with Gasteiger partial charge < -0.3 is 15.3 Å². The van der Waals surface area contributed by atoms with Crippen LogP contribution >= 0.6 is 11.3 Å². The van der Waals surface area contributed by atoms with E-state index in [-0.39, 0.29) is 5.03 Å². The van der Waals surface area contributed by atoms with Gasteiger partial charge in [-0.05, 0) is 31.5 Å². The zero-order valence-corrected chi connectivity index (χ0v) is 13.4. The standard InChI is InChI=1S/C13H16N4O2S2/c1-8-16-11(7-17(8)2)21(18,19)12-5-10-9(3-4-14)6-15-13(10)20-12/h5-7,15H,3-4,14H2,1-2H3. The number of nitrogens with one attached hydrogen (secondary N) is 1. The second-order valence-corrected chi connectivity index (χ2v) is 8.08. The van der Waals surface area contributed by atoms with Gasteiger partial charge >= 0.3 is 0 Å². The number of H-pyrrole nitrogens is 1. The smallest absolute Gasteiger partial charge is 0.234 e. The molecule has 0 fully saturated rings. The highest BCUT2D eigenvalue weighted by atomic mass is 32.2. The molecule has 0 aliphatic carbocycles. The van der Waals surface area contributed by atoms with Gasteiger partial charge in [0.2, 0.25) is 9.84 Å². The third kappa shape index (κ3) is 2.29. The lowest BCUT2D eigenvalue weighted by molar-refractivity contribution is 0.595. The summed E-state index contributed by atoms with van der Waals surface area (Å²) in [5, 5.41) is 1.02. The molecule has 0 amide bonds. The summed E-state index contributed by atoms with van der Waals surface area (Å²) in [6.07, 6.45) is 4.15. The highest BCUT2D eigenvalue weighted by Crippen LogP contribution is 2.33. The molecular weight excluding hydrogens is 308 g/mol. The largest absolute Gasteiger partial charge is 0.353 e. The van der Waals surface area contributed by atoms with Gasteiger partial charge in [-0.3, -0.25) is 0 Å². The van der Waals surface area contributed by atoms with Crippen molar-refractivity contribution in [1.29, 1.82) is 0 Å². The number of nitrogens with zero attached hydrogens (tertiary/aromatic N) is 2. The average Bonchev–Trinajstić information content (AvgIpc) is 3.08. The van der Waals surface area contributed by atoms with Crippen LogP contribution in [0.4, 0.5) is 0 Å². The Morgan fingerprint density at radius 2 is 2.24 bits per heavy atom. The topological polar surface area (TPSA) is 93.8 Å². The van der Waals surface area contributed by atoms with Crippen molar-refractivity contribution >= 4 is 31.4 Å². The van der Waals surface area contributed by atoms with Crippen LogP contribution < -0.4 is 5.73 Å². The lowest BCUT2D eigenvalue weighted by atomic mass is 10.2. The number of aromatic amines is 1. The van der Waals surface area contributed by atoms with Gasteiger partial charge in [-0.25, -0.2) is 13.4 Å². The molecule has 3 aromatic heterocycles. The molecule has 0 saturated heterocycles. The van der Waals surface area contributed by atoms with Crippen LogP contribution in [-0.4, -0.2) is 29.5 Å². The SMILES string of the molecule is Cc1nc(S(=O)(=O)c2cc3c(CCN)c[nH]c3s2)cn1C. The van der Waals surface area contributed by atoms with E-state index in [1.807, 2.05) is 6.20 Å². The van der Waals surface area contributed by atoms with E-state index < -0.39 is 9.84 Å². The molecule has 3 aromatic rings. The van der Waals surface area contributed by atoms with Crippen LogP contribution in [-0.2, 0) is 23.3 Å². The maximum absolute atomic E-state index is 12.6. The van der Waals surface area contributed by atoms with Crippen molar-refractivity contribution in [2.24, 2.45) is 12.8 Å². The summed E-state index contributed by atoms with van der Waals surface area (Å²) < 4.78 is 27.3. The number of thiophene rings is 1. The maximum atomic E-state index is 12.6. The third-order valence-electron chi connectivity index (χ3n) is 3.47. The van der Waals surface area contributed by atoms with E-state index in [2.05, 4.69) is 9.97 Å². The van der Waals surface area contributed by atoms with Gasteiger partial charge in [0.25, 0.3) is 0 Å². The van der Waals surface area contributed by atoms with Crippen molar-refractivity contribution in [2.45, 2.75) is 22.6 Å². The number of rotatable bonds is 4. The maximum Gasteiger partial charge on any atom is 0.234 e. The van der Waals surface area contributed by atoms with Crippen molar-refractivity contribution in [3.05, 3.63) is 29.8 Å². The molecule has 112 valence electrons. The summed E-state index contributed by atoms with van der Waals surface area (Å²) in [6.45, 7) is 2.31. The normalized spacial score (nSPS) is 12.3. The van der Waals surface area contributed by atoms with Crippen LogP contribution in [0, 0.1) is 6.92 Å². The zero-order valence-electron chi connectivity index (χ0n) is 11.8. The van der Waals surface area contributed by atoms with E-state index in [4.69, 9.17) is 5.73 Å². The number of aryl methyl sites for hydroxylation is 2. The first-order valence-corrected chi connectivity index (χ1v) is 8.78. The lowest BCUT2D eigenvalue weighted by Gasteiger charge is -1.96. The summed E-state index contributed by atoms with van der Waals surface area (Å²) in [5.74, 6) is 0.666. The van der Waals surface area contributed by atoms with Gasteiger partial charge in [-0.2, -0.15) is 0 Å². The second kappa shape index (κ2) is 4.97. The molecule has 3 heterocycles. The minimum Gasteiger partial charge on any atom is -0.353 e. The van der Waals surface area contributed by atoms with Crippen LogP contribution in [0.5, 0.6) is 0 Å². The molecule has 8 heteroatoms. The predicted molar refractivity (Wildman–Crippen MR) is 82.3 cm³/mol. The fourth-order valence-electron chi connectivity index (χ4n) is 2.20. The van der Waals surface area contributed by atoms with Crippen molar-refractivity contribution in [3.8, 4) is 0 Å². The number of imidazole rings is 1. The minimum atomic E-state index is -3.57. The molecule has 0 radical (unpaired) electrons. The van der Waals surface area contributed by atoms with E-state index in [1.165, 1.54) is 11.3 Å². The average molecular weight is 324 g/mol. The molecule has 0 bridgehead atoms. The quantitative estimate of drug-likeness (QED) is 0.762. The molecule has 0 aromatic carbocycles. The summed E-state index contributed by atoms with van der Waals surface area (Å²) >= 11 is 1.23. The van der Waals surface area contributed by atoms with E-state index >= 15 is 0 Å². The Morgan fingerprint density at radius 1 is 1.48 bits per heavy atom. The summed E-state index contributed by atoms with van der Waals surface area (Å²) in [4.78, 5) is 8.08. The van der Waals surface area contributed by atoms with Crippen LogP contribution in [0.3, 0.4) is 0 Å². The first-order valence-electron chi connectivity index (χ1n) is 6.48. The lowest BCUT2D eigenvalue weighted by Crippen LogP contribution is -2.02. The molecule has 3 rings (SSSR count). The molecule has 0 aliphatic rings. The van der Waals surface area contributed by atoms with Crippen LogP contribution in [0.15, 0.2) is 27.7 Å². The molecule has 0 unspecified atom stereocenters. The summed E-state index contributed by atoms with van der Waals surface area (Å²) in [6, 6.07) is 1.71. The molecule has 0 saturated carbocycles. The number of fused-ring (bicyclic) bond motifs is 1. The van der Waals surface area contributed by atoms with Gasteiger partial charge in [0.1, 0.15) is 14.9 Å². The number of nitrogens with two attached hydrogens (primary N) is 1. The Kier molecular flexibility index (Phi) is 3.39. The Labute approximate surface area is 126 Å². The van der Waals surface area contributed by atoms with Crippen LogP contribution in [0.2, 0.25) is 0 Å². The third-order valence-corrected chi connectivity index (χ3v) is 6.64. The van der Waals surface area contributed by atoms with Gasteiger partial charge in [-0.15, -0.1) is 11.3 Å². The molecule has 3 N–H and O–H groups in total. The Balaban J connectivity index is 2.10. The fourth-order valence-corrected chi connectivity index (χ4v) is 4.97. The Morgan fingerprint density at radius 3 is 2.86 bits per heavy atom.